The molecule has 196 valence electrons. The first kappa shape index (κ1) is 27.2. The number of aliphatic hydroxyl groups excluding tert-OH is 2. The van der Waals surface area contributed by atoms with Crippen LogP contribution in [-0.4, -0.2) is 46.4 Å². The summed E-state index contributed by atoms with van der Waals surface area (Å²) in [5.74, 6) is 0.219. The summed E-state index contributed by atoms with van der Waals surface area (Å²) < 4.78 is 42.5. The van der Waals surface area contributed by atoms with Crippen LogP contribution in [-0.2, 0) is 13.1 Å². The van der Waals surface area contributed by atoms with E-state index < -0.39 is 30.6 Å². The van der Waals surface area contributed by atoms with Crippen LogP contribution in [0.4, 0.5) is 13.2 Å². The van der Waals surface area contributed by atoms with E-state index in [-0.39, 0.29) is 23.9 Å². The number of benzene rings is 2. The molecule has 0 aliphatic carbocycles. The second-order valence-corrected chi connectivity index (χ2v) is 9.51. The van der Waals surface area contributed by atoms with Crippen LogP contribution in [0.3, 0.4) is 0 Å². The summed E-state index contributed by atoms with van der Waals surface area (Å²) in [5, 5.41) is 25.3. The Morgan fingerprint density at radius 3 is 2.19 bits per heavy atom. The van der Waals surface area contributed by atoms with E-state index in [2.05, 4.69) is 10.1 Å². The number of halogens is 6. The Labute approximate surface area is 223 Å². The van der Waals surface area contributed by atoms with Gasteiger partial charge >= 0.3 is 11.9 Å². The van der Waals surface area contributed by atoms with Gasteiger partial charge in [0.05, 0.1) is 24.5 Å². The number of hydrogen-bond donors (Lipinski definition) is 2. The molecule has 0 bridgehead atoms. The van der Waals surface area contributed by atoms with Gasteiger partial charge in [0.1, 0.15) is 6.10 Å². The van der Waals surface area contributed by atoms with Gasteiger partial charge in [0.25, 0.3) is 0 Å². The third-order valence-corrected chi connectivity index (χ3v) is 6.06. The van der Waals surface area contributed by atoms with Crippen LogP contribution in [0.5, 0.6) is 0 Å². The van der Waals surface area contributed by atoms with Crippen molar-refractivity contribution in [1.29, 1.82) is 0 Å². The zero-order chi connectivity index (χ0) is 27.1. The van der Waals surface area contributed by atoms with Crippen LogP contribution in [0.1, 0.15) is 24.7 Å². The predicted molar refractivity (Wildman–Crippen MR) is 132 cm³/mol. The van der Waals surface area contributed by atoms with Crippen molar-refractivity contribution in [2.75, 3.05) is 0 Å². The van der Waals surface area contributed by atoms with Crippen LogP contribution in [0.15, 0.2) is 53.5 Å². The van der Waals surface area contributed by atoms with Crippen molar-refractivity contribution in [3.8, 4) is 16.9 Å². The van der Waals surface area contributed by atoms with Crippen LogP contribution < -0.4 is 5.69 Å². The first-order chi connectivity index (χ1) is 17.3. The number of rotatable bonds is 7. The maximum absolute atomic E-state index is 13.2. The smallest absolute Gasteiger partial charge is 0.385 e. The highest BCUT2D eigenvalue weighted by atomic mass is 35.5. The zero-order valence-corrected chi connectivity index (χ0v) is 21.3. The molecule has 4 aromatic rings. The normalized spacial score (nSPS) is 13.6. The monoisotopic (exact) mass is 575 g/mol. The number of imidazole rings is 1. The van der Waals surface area contributed by atoms with Crippen molar-refractivity contribution in [2.24, 2.45) is 0 Å². The molecule has 1 unspecified atom stereocenters. The molecule has 0 saturated carbocycles. The summed E-state index contributed by atoms with van der Waals surface area (Å²) in [6.07, 6.45) is -7.41. The zero-order valence-electron chi connectivity index (χ0n) is 19.0. The molecular formula is C23H19Cl3F3N5O3. The average molecular weight is 577 g/mol. The van der Waals surface area contributed by atoms with Gasteiger partial charge in [0.2, 0.25) is 0 Å². The average Bonchev–Trinajstić information content (AvgIpc) is 3.36. The van der Waals surface area contributed by atoms with E-state index in [0.29, 0.717) is 26.3 Å². The molecule has 0 aliphatic heterocycles. The lowest BCUT2D eigenvalue weighted by molar-refractivity contribution is -0.207. The van der Waals surface area contributed by atoms with Crippen LogP contribution in [0.2, 0.25) is 15.1 Å². The Morgan fingerprint density at radius 2 is 1.62 bits per heavy atom. The van der Waals surface area contributed by atoms with E-state index in [1.165, 1.54) is 36.0 Å². The van der Waals surface area contributed by atoms with Gasteiger partial charge in [-0.15, -0.1) is 5.10 Å². The van der Waals surface area contributed by atoms with Gasteiger partial charge in [-0.25, -0.2) is 14.5 Å². The number of alkyl halides is 3. The highest BCUT2D eigenvalue weighted by molar-refractivity contribution is 6.34. The molecule has 37 heavy (non-hydrogen) atoms. The van der Waals surface area contributed by atoms with E-state index in [4.69, 9.17) is 34.8 Å². The van der Waals surface area contributed by atoms with E-state index in [1.54, 1.807) is 24.3 Å². The highest BCUT2D eigenvalue weighted by Gasteiger charge is 2.39. The molecule has 0 amide bonds. The minimum atomic E-state index is -4.93. The molecular weight excluding hydrogens is 558 g/mol. The quantitative estimate of drug-likeness (QED) is 0.327. The molecule has 4 rings (SSSR count). The molecule has 14 heteroatoms. The van der Waals surface area contributed by atoms with E-state index >= 15 is 0 Å². The Hall–Kier alpha value is -2.83. The van der Waals surface area contributed by atoms with Crippen molar-refractivity contribution in [2.45, 2.75) is 38.4 Å². The molecule has 0 radical (unpaired) electrons. The van der Waals surface area contributed by atoms with Crippen LogP contribution in [0, 0.1) is 0 Å². The fourth-order valence-electron chi connectivity index (χ4n) is 3.66. The maximum atomic E-state index is 13.2. The lowest BCUT2D eigenvalue weighted by Gasteiger charge is -2.16. The highest BCUT2D eigenvalue weighted by Crippen LogP contribution is 2.26. The second kappa shape index (κ2) is 10.5. The van der Waals surface area contributed by atoms with Gasteiger partial charge in [-0.3, -0.25) is 9.13 Å². The van der Waals surface area contributed by atoms with Crippen molar-refractivity contribution in [3.63, 3.8) is 0 Å². The maximum Gasteiger partial charge on any atom is 0.416 e. The van der Waals surface area contributed by atoms with Gasteiger partial charge in [0, 0.05) is 21.3 Å². The van der Waals surface area contributed by atoms with Gasteiger partial charge in [-0.2, -0.15) is 13.2 Å². The molecule has 0 saturated heterocycles. The van der Waals surface area contributed by atoms with Crippen LogP contribution in [0.25, 0.3) is 16.9 Å². The summed E-state index contributed by atoms with van der Waals surface area (Å²) >= 11 is 18.1. The summed E-state index contributed by atoms with van der Waals surface area (Å²) in [5.41, 5.74) is 0.120. The molecule has 0 fully saturated rings. The fourth-order valence-corrected chi connectivity index (χ4v) is 4.30. The largest absolute Gasteiger partial charge is 0.416 e. The molecule has 8 nitrogen and oxygen atoms in total. The Bertz CT molecular complexity index is 1460. The molecule has 2 aromatic heterocycles. The molecule has 2 N–H and O–H groups in total. The number of nitrogens with zero attached hydrogens (tertiary/aromatic N) is 5. The summed E-state index contributed by atoms with van der Waals surface area (Å²) in [6, 6.07) is 10.8. The summed E-state index contributed by atoms with van der Waals surface area (Å²) in [7, 11) is 0. The number of hydrogen-bond acceptors (Lipinski definition) is 5. The van der Waals surface area contributed by atoms with E-state index in [1.807, 2.05) is 0 Å². The Morgan fingerprint density at radius 1 is 1.00 bits per heavy atom. The SMILES string of the molecule is C[C@H](O)c1nc(Cn2cc(-c3ccc(Cl)cc3)n(CC(O)C(F)(F)F)c2=O)nn1-c1cc(Cl)cc(Cl)c1. The topological polar surface area (TPSA) is 98.1 Å². The van der Waals surface area contributed by atoms with Gasteiger partial charge in [-0.05, 0) is 42.8 Å². The third-order valence-electron chi connectivity index (χ3n) is 5.37. The summed E-state index contributed by atoms with van der Waals surface area (Å²) in [4.78, 5) is 17.5. The van der Waals surface area contributed by atoms with Crippen molar-refractivity contribution in [1.82, 2.24) is 23.9 Å². The second-order valence-electron chi connectivity index (χ2n) is 8.20. The molecule has 2 heterocycles. The van der Waals surface area contributed by atoms with Gasteiger partial charge in [0.15, 0.2) is 17.8 Å². The van der Waals surface area contributed by atoms with Gasteiger partial charge in [-0.1, -0.05) is 46.9 Å². The van der Waals surface area contributed by atoms with Crippen LogP contribution >= 0.6 is 34.8 Å². The lowest BCUT2D eigenvalue weighted by Crippen LogP contribution is -2.37. The lowest BCUT2D eigenvalue weighted by atomic mass is 10.1. The van der Waals surface area contributed by atoms with Crippen molar-refractivity contribution in [3.05, 3.63) is 85.9 Å². The predicted octanol–water partition coefficient (Wildman–Crippen LogP) is 4.88. The summed E-state index contributed by atoms with van der Waals surface area (Å²) in [6.45, 7) is 0.209. The van der Waals surface area contributed by atoms with E-state index in [0.717, 1.165) is 9.13 Å². The minimum absolute atomic E-state index is 0.0882. The standard InChI is InChI=1S/C23H19Cl3F3N5O3/c1-12(35)21-30-20(31-34(21)17-7-15(25)6-16(26)8-17)11-32-9-18(13-2-4-14(24)5-3-13)33(22(32)37)10-19(36)23(27,28)29/h2-9,12,19,35-36H,10-11H2,1H3/t12-,19?/m0/s1. The Balaban J connectivity index is 1.78. The Kier molecular flexibility index (Phi) is 7.72. The minimum Gasteiger partial charge on any atom is -0.385 e. The first-order valence-electron chi connectivity index (χ1n) is 10.7. The third kappa shape index (κ3) is 6.02. The number of aliphatic hydroxyl groups is 2. The number of aromatic nitrogens is 5. The van der Waals surface area contributed by atoms with Crippen molar-refractivity contribution >= 4 is 34.8 Å². The molecule has 0 spiro atoms. The van der Waals surface area contributed by atoms with Gasteiger partial charge < -0.3 is 10.2 Å². The van der Waals surface area contributed by atoms with E-state index in [9.17, 15) is 28.2 Å². The van der Waals surface area contributed by atoms with Crippen molar-refractivity contribution < 1.29 is 23.4 Å². The fraction of sp³-hybridized carbons (Fsp3) is 0.261. The first-order valence-corrected chi connectivity index (χ1v) is 11.9. The molecule has 2 atom stereocenters. The molecule has 0 aliphatic rings. The molecule has 2 aromatic carbocycles.